The fraction of sp³-hybridized carbons (Fsp3) is 0.350. The van der Waals surface area contributed by atoms with Crippen molar-refractivity contribution in [2.45, 2.75) is 19.8 Å². The van der Waals surface area contributed by atoms with Gasteiger partial charge < -0.3 is 9.64 Å². The maximum Gasteiger partial charge on any atom is 0.131 e. The van der Waals surface area contributed by atoms with E-state index in [9.17, 15) is 0 Å². The lowest BCUT2D eigenvalue weighted by atomic mass is 9.98. The van der Waals surface area contributed by atoms with Crippen LogP contribution in [0.5, 0.6) is 5.75 Å². The Bertz CT molecular complexity index is 791. The van der Waals surface area contributed by atoms with Crippen LogP contribution in [0.4, 0.5) is 0 Å². The average Bonchev–Trinajstić information content (AvgIpc) is 3.09. The number of aliphatic imine (C=N–C) groups is 1. The SMILES string of the molecule is CCN1CCN=C1c1cccc(Cl)c1CCc1cc(Br)ccc1OC. The van der Waals surface area contributed by atoms with E-state index in [-0.39, 0.29) is 0 Å². The van der Waals surface area contributed by atoms with Crippen LogP contribution in [0.2, 0.25) is 5.02 Å². The first-order valence-corrected chi connectivity index (χ1v) is 9.70. The summed E-state index contributed by atoms with van der Waals surface area (Å²) >= 11 is 10.1. The number of rotatable bonds is 6. The molecule has 0 amide bonds. The summed E-state index contributed by atoms with van der Waals surface area (Å²) in [7, 11) is 1.71. The zero-order valence-electron chi connectivity index (χ0n) is 14.6. The fourth-order valence-corrected chi connectivity index (χ4v) is 3.95. The van der Waals surface area contributed by atoms with Crippen LogP contribution in [0.15, 0.2) is 45.9 Å². The van der Waals surface area contributed by atoms with Gasteiger partial charge in [0.25, 0.3) is 0 Å². The number of methoxy groups -OCH3 is 1. The number of likely N-dealkylation sites (N-methyl/N-ethyl adjacent to an activating group) is 1. The largest absolute Gasteiger partial charge is 0.496 e. The first-order chi connectivity index (χ1) is 12.1. The van der Waals surface area contributed by atoms with Crippen LogP contribution in [0.1, 0.15) is 23.6 Å². The minimum Gasteiger partial charge on any atom is -0.496 e. The molecule has 0 saturated heterocycles. The third-order valence-electron chi connectivity index (χ3n) is 4.56. The van der Waals surface area contributed by atoms with Crippen molar-refractivity contribution < 1.29 is 4.74 Å². The standard InChI is InChI=1S/C20H22BrClN2O/c1-3-24-12-11-23-20(24)17-5-4-6-18(22)16(17)9-7-14-13-15(21)8-10-19(14)25-2/h4-6,8,10,13H,3,7,9,11-12H2,1-2H3. The minimum atomic E-state index is 0.803. The van der Waals surface area contributed by atoms with Gasteiger partial charge in [0.1, 0.15) is 11.6 Å². The van der Waals surface area contributed by atoms with Gasteiger partial charge in [0.15, 0.2) is 0 Å². The van der Waals surface area contributed by atoms with E-state index in [1.165, 1.54) is 5.56 Å². The predicted molar refractivity (Wildman–Crippen MR) is 108 cm³/mol. The Balaban J connectivity index is 1.90. The molecule has 2 aromatic carbocycles. The lowest BCUT2D eigenvalue weighted by Crippen LogP contribution is -2.29. The molecular formula is C20H22BrClN2O. The molecule has 0 N–H and O–H groups in total. The van der Waals surface area contributed by atoms with E-state index in [1.807, 2.05) is 24.3 Å². The van der Waals surface area contributed by atoms with Crippen molar-refractivity contribution in [2.24, 2.45) is 4.99 Å². The highest BCUT2D eigenvalue weighted by molar-refractivity contribution is 9.10. The van der Waals surface area contributed by atoms with Crippen molar-refractivity contribution in [3.8, 4) is 5.75 Å². The van der Waals surface area contributed by atoms with Gasteiger partial charge in [-0.15, -0.1) is 0 Å². The molecule has 3 nitrogen and oxygen atoms in total. The first-order valence-electron chi connectivity index (χ1n) is 8.53. The Morgan fingerprint density at radius 2 is 2.08 bits per heavy atom. The third-order valence-corrected chi connectivity index (χ3v) is 5.41. The van der Waals surface area contributed by atoms with Gasteiger partial charge in [0, 0.05) is 28.1 Å². The molecule has 1 aliphatic heterocycles. The number of amidine groups is 1. The summed E-state index contributed by atoms with van der Waals surface area (Å²) in [5.74, 6) is 1.98. The van der Waals surface area contributed by atoms with E-state index < -0.39 is 0 Å². The molecule has 0 saturated carbocycles. The monoisotopic (exact) mass is 420 g/mol. The molecule has 5 heteroatoms. The maximum absolute atomic E-state index is 6.56. The predicted octanol–water partition coefficient (Wildman–Crippen LogP) is 4.98. The molecule has 2 aromatic rings. The van der Waals surface area contributed by atoms with Crippen molar-refractivity contribution in [3.63, 3.8) is 0 Å². The molecular weight excluding hydrogens is 400 g/mol. The van der Waals surface area contributed by atoms with Crippen molar-refractivity contribution in [1.29, 1.82) is 0 Å². The van der Waals surface area contributed by atoms with Gasteiger partial charge in [-0.25, -0.2) is 0 Å². The number of hydrogen-bond acceptors (Lipinski definition) is 3. The summed E-state index contributed by atoms with van der Waals surface area (Å²) in [5.41, 5.74) is 3.48. The molecule has 1 aliphatic rings. The van der Waals surface area contributed by atoms with Crippen LogP contribution in [-0.2, 0) is 12.8 Å². The lowest BCUT2D eigenvalue weighted by molar-refractivity contribution is 0.409. The molecule has 0 radical (unpaired) electrons. The first kappa shape index (κ1) is 18.3. The van der Waals surface area contributed by atoms with E-state index in [0.29, 0.717) is 0 Å². The normalized spacial score (nSPS) is 13.9. The van der Waals surface area contributed by atoms with Gasteiger partial charge in [-0.2, -0.15) is 0 Å². The Morgan fingerprint density at radius 1 is 1.24 bits per heavy atom. The molecule has 0 unspecified atom stereocenters. The number of ether oxygens (including phenoxy) is 1. The van der Waals surface area contributed by atoms with Crippen LogP contribution in [0.3, 0.4) is 0 Å². The Morgan fingerprint density at radius 3 is 2.84 bits per heavy atom. The van der Waals surface area contributed by atoms with Crippen LogP contribution >= 0.6 is 27.5 Å². The second kappa shape index (κ2) is 8.24. The minimum absolute atomic E-state index is 0.803. The van der Waals surface area contributed by atoms with Crippen molar-refractivity contribution in [1.82, 2.24) is 4.90 Å². The summed E-state index contributed by atoms with van der Waals surface area (Å²) < 4.78 is 6.55. The fourth-order valence-electron chi connectivity index (χ4n) is 3.27. The van der Waals surface area contributed by atoms with Crippen molar-refractivity contribution >= 4 is 33.4 Å². The van der Waals surface area contributed by atoms with Crippen LogP contribution in [0.25, 0.3) is 0 Å². The van der Waals surface area contributed by atoms with Crippen LogP contribution in [-0.4, -0.2) is 37.5 Å². The summed E-state index contributed by atoms with van der Waals surface area (Å²) in [6.45, 7) is 4.97. The van der Waals surface area contributed by atoms with Gasteiger partial charge in [0.2, 0.25) is 0 Å². The van der Waals surface area contributed by atoms with Crippen LogP contribution in [0, 0.1) is 0 Å². The lowest BCUT2D eigenvalue weighted by Gasteiger charge is -2.21. The number of aryl methyl sites for hydroxylation is 1. The van der Waals surface area contributed by atoms with Gasteiger partial charge in [-0.1, -0.05) is 39.7 Å². The van der Waals surface area contributed by atoms with Crippen molar-refractivity contribution in [2.75, 3.05) is 26.7 Å². The summed E-state index contributed by atoms with van der Waals surface area (Å²) in [6, 6.07) is 12.2. The highest BCUT2D eigenvalue weighted by atomic mass is 79.9. The zero-order valence-corrected chi connectivity index (χ0v) is 16.9. The Kier molecular flexibility index (Phi) is 6.02. The zero-order chi connectivity index (χ0) is 17.8. The second-order valence-electron chi connectivity index (χ2n) is 6.01. The molecule has 0 aromatic heterocycles. The van der Waals surface area contributed by atoms with Gasteiger partial charge >= 0.3 is 0 Å². The molecule has 3 rings (SSSR count). The maximum atomic E-state index is 6.56. The number of halogens is 2. The number of benzene rings is 2. The van der Waals surface area contributed by atoms with Gasteiger partial charge in [-0.05, 0) is 55.2 Å². The van der Waals surface area contributed by atoms with E-state index in [1.54, 1.807) is 7.11 Å². The molecule has 0 bridgehead atoms. The molecule has 0 fully saturated rings. The molecule has 0 spiro atoms. The average molecular weight is 422 g/mol. The summed E-state index contributed by atoms with van der Waals surface area (Å²) in [5, 5.41) is 0.803. The van der Waals surface area contributed by atoms with Crippen molar-refractivity contribution in [3.05, 3.63) is 62.6 Å². The highest BCUT2D eigenvalue weighted by Gasteiger charge is 2.21. The molecule has 0 atom stereocenters. The van der Waals surface area contributed by atoms with Crippen LogP contribution < -0.4 is 4.74 Å². The third kappa shape index (κ3) is 4.01. The van der Waals surface area contributed by atoms with E-state index in [0.717, 1.165) is 64.7 Å². The quantitative estimate of drug-likeness (QED) is 0.657. The second-order valence-corrected chi connectivity index (χ2v) is 7.33. The number of hydrogen-bond donors (Lipinski definition) is 0. The molecule has 25 heavy (non-hydrogen) atoms. The topological polar surface area (TPSA) is 24.8 Å². The van der Waals surface area contributed by atoms with E-state index in [2.05, 4.69) is 39.9 Å². The Labute approximate surface area is 162 Å². The van der Waals surface area contributed by atoms with Gasteiger partial charge in [-0.3, -0.25) is 4.99 Å². The smallest absolute Gasteiger partial charge is 0.131 e. The molecule has 1 heterocycles. The van der Waals surface area contributed by atoms with E-state index in [4.69, 9.17) is 21.3 Å². The molecule has 0 aliphatic carbocycles. The highest BCUT2D eigenvalue weighted by Crippen LogP contribution is 2.28. The summed E-state index contributed by atoms with van der Waals surface area (Å²) in [6.07, 6.45) is 1.71. The number of nitrogens with zero attached hydrogens (tertiary/aromatic N) is 2. The van der Waals surface area contributed by atoms with Gasteiger partial charge in [0.05, 0.1) is 13.7 Å². The van der Waals surface area contributed by atoms with E-state index >= 15 is 0 Å². The summed E-state index contributed by atoms with van der Waals surface area (Å²) in [4.78, 5) is 7.03. The molecule has 132 valence electrons. The Hall–Kier alpha value is -1.52.